The molecule has 2 aromatic carbocycles. The molecule has 0 saturated carbocycles. The van der Waals surface area contributed by atoms with Gasteiger partial charge in [-0.25, -0.2) is 4.99 Å². The van der Waals surface area contributed by atoms with Gasteiger partial charge in [0.1, 0.15) is 0 Å². The van der Waals surface area contributed by atoms with Crippen LogP contribution in [0.2, 0.25) is 5.02 Å². The van der Waals surface area contributed by atoms with Gasteiger partial charge in [-0.05, 0) is 55.3 Å². The number of hydrogen-bond donors (Lipinski definition) is 3. The molecule has 0 aliphatic carbocycles. The molecule has 0 aliphatic heterocycles. The van der Waals surface area contributed by atoms with E-state index in [1.54, 1.807) is 43.3 Å². The summed E-state index contributed by atoms with van der Waals surface area (Å²) in [5, 5.41) is 9.92. The fourth-order valence-electron chi connectivity index (χ4n) is 2.74. The smallest absolute Gasteiger partial charge is 0.253 e. The number of aliphatic imine (C=N–C) groups is 1. The summed E-state index contributed by atoms with van der Waals surface area (Å²) in [5.41, 5.74) is 2.39. The van der Waals surface area contributed by atoms with Crippen LogP contribution in [0.1, 0.15) is 35.7 Å². The Morgan fingerprint density at radius 1 is 1.00 bits per heavy atom. The van der Waals surface area contributed by atoms with Gasteiger partial charge in [0.05, 0.1) is 6.54 Å². The lowest BCUT2D eigenvalue weighted by molar-refractivity contribution is -0.116. The third-order valence-electron chi connectivity index (χ3n) is 4.37. The summed E-state index contributed by atoms with van der Waals surface area (Å²) in [6.07, 6.45) is 1.07. The van der Waals surface area contributed by atoms with Crippen LogP contribution in [0.15, 0.2) is 53.5 Å². The van der Waals surface area contributed by atoms with Crippen LogP contribution in [-0.4, -0.2) is 49.9 Å². The van der Waals surface area contributed by atoms with Gasteiger partial charge in [-0.1, -0.05) is 23.7 Å². The second-order valence-corrected chi connectivity index (χ2v) is 7.61. The van der Waals surface area contributed by atoms with Crippen LogP contribution in [0.25, 0.3) is 0 Å². The lowest BCUT2D eigenvalue weighted by atomic mass is 10.1. The van der Waals surface area contributed by atoms with E-state index in [-0.39, 0.29) is 11.8 Å². The van der Waals surface area contributed by atoms with E-state index in [1.807, 2.05) is 31.2 Å². The Balaban J connectivity index is 1.78. The minimum atomic E-state index is -0.0431. The fourth-order valence-corrected chi connectivity index (χ4v) is 2.86. The van der Waals surface area contributed by atoms with E-state index in [0.717, 1.165) is 17.8 Å². The van der Waals surface area contributed by atoms with Gasteiger partial charge in [0.15, 0.2) is 5.96 Å². The molecule has 0 aliphatic rings. The molecule has 0 aromatic heterocycles. The van der Waals surface area contributed by atoms with Crippen LogP contribution >= 0.6 is 11.6 Å². The Bertz CT molecular complexity index is 880. The predicted molar refractivity (Wildman–Crippen MR) is 127 cm³/mol. The first kappa shape index (κ1) is 24.2. The molecule has 0 bridgehead atoms. The van der Waals surface area contributed by atoms with Crippen molar-refractivity contribution in [3.8, 4) is 0 Å². The first-order valence-corrected chi connectivity index (χ1v) is 10.6. The molecule has 2 amide bonds. The SMILES string of the molecule is CCNC(=NCc1ccc(C(=O)N(C)C)cc1)NCCCC(=O)Nc1ccc(Cl)cc1. The van der Waals surface area contributed by atoms with Crippen molar-refractivity contribution in [1.29, 1.82) is 0 Å². The summed E-state index contributed by atoms with van der Waals surface area (Å²) in [4.78, 5) is 30.1. The quantitative estimate of drug-likeness (QED) is 0.314. The number of rotatable bonds is 9. The Morgan fingerprint density at radius 3 is 2.29 bits per heavy atom. The van der Waals surface area contributed by atoms with Gasteiger partial charge in [-0.2, -0.15) is 0 Å². The molecule has 0 fully saturated rings. The van der Waals surface area contributed by atoms with Gasteiger partial charge in [0, 0.05) is 49.9 Å². The zero-order chi connectivity index (χ0) is 22.6. The average Bonchev–Trinajstić information content (AvgIpc) is 2.76. The number of amides is 2. The lowest BCUT2D eigenvalue weighted by Crippen LogP contribution is -2.38. The van der Waals surface area contributed by atoms with Crippen molar-refractivity contribution >= 4 is 35.1 Å². The molecule has 0 saturated heterocycles. The van der Waals surface area contributed by atoms with E-state index in [2.05, 4.69) is 20.9 Å². The van der Waals surface area contributed by atoms with Crippen molar-refractivity contribution in [2.24, 2.45) is 4.99 Å². The van der Waals surface area contributed by atoms with Crippen LogP contribution in [0, 0.1) is 0 Å². The molecular weight excluding hydrogens is 414 g/mol. The van der Waals surface area contributed by atoms with Gasteiger partial charge < -0.3 is 20.9 Å². The number of anilines is 1. The molecule has 0 unspecified atom stereocenters. The molecule has 0 heterocycles. The molecule has 31 heavy (non-hydrogen) atoms. The maximum Gasteiger partial charge on any atom is 0.253 e. The average molecular weight is 444 g/mol. The monoisotopic (exact) mass is 443 g/mol. The number of guanidine groups is 1. The minimum Gasteiger partial charge on any atom is -0.357 e. The van der Waals surface area contributed by atoms with Crippen molar-refractivity contribution in [1.82, 2.24) is 15.5 Å². The molecule has 0 atom stereocenters. The summed E-state index contributed by atoms with van der Waals surface area (Å²) in [6.45, 7) is 3.84. The Kier molecular flexibility index (Phi) is 9.84. The molecule has 2 rings (SSSR count). The van der Waals surface area contributed by atoms with Crippen molar-refractivity contribution in [3.05, 3.63) is 64.7 Å². The molecule has 3 N–H and O–H groups in total. The molecular formula is C23H30ClN5O2. The van der Waals surface area contributed by atoms with E-state index in [9.17, 15) is 9.59 Å². The normalized spacial score (nSPS) is 11.0. The molecule has 2 aromatic rings. The minimum absolute atomic E-state index is 0.0230. The van der Waals surface area contributed by atoms with E-state index in [1.165, 1.54) is 0 Å². The fraction of sp³-hybridized carbons (Fsp3) is 0.348. The molecule has 0 radical (unpaired) electrons. The highest BCUT2D eigenvalue weighted by atomic mass is 35.5. The molecule has 8 heteroatoms. The Labute approximate surface area is 188 Å². The number of halogens is 1. The Hall–Kier alpha value is -3.06. The number of benzene rings is 2. The van der Waals surface area contributed by atoms with Gasteiger partial charge in [0.25, 0.3) is 5.91 Å². The highest BCUT2D eigenvalue weighted by Gasteiger charge is 2.07. The summed E-state index contributed by atoms with van der Waals surface area (Å²) in [5.74, 6) is 0.623. The summed E-state index contributed by atoms with van der Waals surface area (Å²) in [7, 11) is 3.46. The Morgan fingerprint density at radius 2 is 1.68 bits per heavy atom. The zero-order valence-corrected chi connectivity index (χ0v) is 19.0. The maximum absolute atomic E-state index is 12.1. The maximum atomic E-state index is 12.1. The van der Waals surface area contributed by atoms with Gasteiger partial charge in [0.2, 0.25) is 5.91 Å². The number of hydrogen-bond acceptors (Lipinski definition) is 3. The standard InChI is InChI=1S/C23H30ClN5O2/c1-4-25-23(27-16-17-7-9-18(10-8-17)22(31)29(2)3)26-15-5-6-21(30)28-20-13-11-19(24)12-14-20/h7-14H,4-6,15-16H2,1-3H3,(H,28,30)(H2,25,26,27). The first-order valence-electron chi connectivity index (χ1n) is 10.3. The largest absolute Gasteiger partial charge is 0.357 e. The lowest BCUT2D eigenvalue weighted by Gasteiger charge is -2.12. The molecule has 7 nitrogen and oxygen atoms in total. The first-order chi connectivity index (χ1) is 14.9. The number of nitrogens with zero attached hydrogens (tertiary/aromatic N) is 2. The van der Waals surface area contributed by atoms with E-state index in [0.29, 0.717) is 42.5 Å². The van der Waals surface area contributed by atoms with Gasteiger partial charge in [-0.3, -0.25) is 9.59 Å². The summed E-state index contributed by atoms with van der Waals surface area (Å²) >= 11 is 5.85. The second kappa shape index (κ2) is 12.6. The molecule has 0 spiro atoms. The number of carbonyl (C=O) groups excluding carboxylic acids is 2. The third-order valence-corrected chi connectivity index (χ3v) is 4.62. The molecule has 166 valence electrons. The van der Waals surface area contributed by atoms with Gasteiger partial charge in [-0.15, -0.1) is 0 Å². The van der Waals surface area contributed by atoms with Crippen LogP contribution in [0.3, 0.4) is 0 Å². The summed E-state index contributed by atoms with van der Waals surface area (Å²) in [6, 6.07) is 14.5. The van der Waals surface area contributed by atoms with E-state index in [4.69, 9.17) is 11.6 Å². The van der Waals surface area contributed by atoms with Crippen molar-refractivity contribution in [2.45, 2.75) is 26.3 Å². The second-order valence-electron chi connectivity index (χ2n) is 7.18. The van der Waals surface area contributed by atoms with Crippen LogP contribution in [-0.2, 0) is 11.3 Å². The van der Waals surface area contributed by atoms with E-state index < -0.39 is 0 Å². The third kappa shape index (κ3) is 8.68. The topological polar surface area (TPSA) is 85.8 Å². The zero-order valence-electron chi connectivity index (χ0n) is 18.2. The highest BCUT2D eigenvalue weighted by molar-refractivity contribution is 6.30. The van der Waals surface area contributed by atoms with Crippen molar-refractivity contribution < 1.29 is 9.59 Å². The van der Waals surface area contributed by atoms with Crippen molar-refractivity contribution in [2.75, 3.05) is 32.5 Å². The summed E-state index contributed by atoms with van der Waals surface area (Å²) < 4.78 is 0. The number of nitrogens with one attached hydrogen (secondary N) is 3. The van der Waals surface area contributed by atoms with Crippen LogP contribution in [0.5, 0.6) is 0 Å². The van der Waals surface area contributed by atoms with Crippen molar-refractivity contribution in [3.63, 3.8) is 0 Å². The van der Waals surface area contributed by atoms with Crippen LogP contribution in [0.4, 0.5) is 5.69 Å². The highest BCUT2D eigenvalue weighted by Crippen LogP contribution is 2.13. The number of carbonyl (C=O) groups is 2. The van der Waals surface area contributed by atoms with Gasteiger partial charge >= 0.3 is 0 Å². The van der Waals surface area contributed by atoms with E-state index >= 15 is 0 Å². The predicted octanol–water partition coefficient (Wildman–Crippen LogP) is 3.52. The van der Waals surface area contributed by atoms with Crippen LogP contribution < -0.4 is 16.0 Å².